The van der Waals surface area contributed by atoms with Crippen LogP contribution in [0.4, 0.5) is 0 Å². The predicted molar refractivity (Wildman–Crippen MR) is 41.9 cm³/mol. The molecular weight excluding hydrogens is 191 g/mol. The van der Waals surface area contributed by atoms with E-state index in [1.165, 1.54) is 6.08 Å². The number of rotatable bonds is 0. The summed E-state index contributed by atoms with van der Waals surface area (Å²) < 4.78 is 0. The molecule has 0 heterocycles. The number of ketones is 1. The third-order valence-electron chi connectivity index (χ3n) is 1.53. The van der Waals surface area contributed by atoms with Crippen molar-refractivity contribution in [2.45, 2.75) is 13.8 Å². The average Bonchev–Trinajstić information content (AvgIpc) is 1.85. The van der Waals surface area contributed by atoms with Crippen molar-refractivity contribution in [3.8, 4) is 0 Å². The van der Waals surface area contributed by atoms with E-state index >= 15 is 0 Å². The summed E-state index contributed by atoms with van der Waals surface area (Å²) in [6.45, 7) is 3.55. The van der Waals surface area contributed by atoms with Crippen molar-refractivity contribution in [2.75, 3.05) is 0 Å². The first kappa shape index (κ1) is 11.3. The predicted octanol–water partition coefficient (Wildman–Crippen LogP) is 1.70. The summed E-state index contributed by atoms with van der Waals surface area (Å²) in [6, 6.07) is 0. The molecule has 3 heteroatoms. The maximum Gasteiger partial charge on any atom is 0.0819 e. The van der Waals surface area contributed by atoms with Crippen LogP contribution >= 0.6 is 0 Å². The molecule has 0 aromatic heterocycles. The fourth-order valence-corrected chi connectivity index (χ4v) is 1.02. The molecule has 0 amide bonds. The smallest absolute Gasteiger partial charge is 0.0819 e. The van der Waals surface area contributed by atoms with Crippen molar-refractivity contribution in [2.24, 2.45) is 0 Å². The zero-order valence-electron chi connectivity index (χ0n) is 6.96. The summed E-state index contributed by atoms with van der Waals surface area (Å²) in [6.07, 6.45) is 5.22. The van der Waals surface area contributed by atoms with E-state index in [2.05, 4.69) is 6.08 Å². The van der Waals surface area contributed by atoms with E-state index in [0.29, 0.717) is 11.1 Å². The number of carbonyl (C=O) groups excluding carboxylic acids is 1. The van der Waals surface area contributed by atoms with Gasteiger partial charge in [-0.1, -0.05) is 19.4 Å². The van der Waals surface area contributed by atoms with E-state index in [4.69, 9.17) is 5.11 Å². The van der Waals surface area contributed by atoms with Crippen LogP contribution in [-0.2, 0) is 23.4 Å². The van der Waals surface area contributed by atoms with Gasteiger partial charge >= 0.3 is 0 Å². The van der Waals surface area contributed by atoms with Crippen LogP contribution < -0.4 is 0 Å². The molecule has 0 spiro atoms. The molecule has 0 aromatic rings. The van der Waals surface area contributed by atoms with Gasteiger partial charge in [-0.3, -0.25) is 0 Å². The molecule has 0 saturated heterocycles. The third-order valence-corrected chi connectivity index (χ3v) is 1.53. The molecule has 0 aliphatic heterocycles. The Hall–Kier alpha value is -0.726. The zero-order chi connectivity index (χ0) is 8.43. The molecule has 1 N–H and O–H groups in total. The normalized spacial score (nSPS) is 19.8. The second kappa shape index (κ2) is 4.34. The summed E-state index contributed by atoms with van der Waals surface area (Å²) in [5.41, 5.74) is 1.83. The van der Waals surface area contributed by atoms with E-state index in [-0.39, 0.29) is 24.3 Å². The molecule has 0 unspecified atom stereocenters. The van der Waals surface area contributed by atoms with Gasteiger partial charge in [-0.05, 0) is 0 Å². The van der Waals surface area contributed by atoms with E-state index in [0.717, 1.165) is 11.8 Å². The second-order valence-corrected chi connectivity index (χ2v) is 2.48. The Morgan fingerprint density at radius 1 is 1.50 bits per heavy atom. The minimum Gasteiger partial charge on any atom is -0.528 e. The molecule has 1 aliphatic rings. The van der Waals surface area contributed by atoms with Crippen molar-refractivity contribution in [3.63, 3.8) is 0 Å². The van der Waals surface area contributed by atoms with Crippen LogP contribution in [0.25, 0.3) is 0 Å². The molecular formula is C9H9O2V-. The Bertz CT molecular complexity index is 285. The molecule has 63 valence electrons. The number of aliphatic hydroxyl groups excluding tert-OH is 1. The monoisotopic (exact) mass is 200 g/mol. The average molecular weight is 200 g/mol. The van der Waals surface area contributed by atoms with Crippen LogP contribution in [0.2, 0.25) is 0 Å². The van der Waals surface area contributed by atoms with Crippen LogP contribution in [0, 0.1) is 6.08 Å². The van der Waals surface area contributed by atoms with Crippen molar-refractivity contribution in [3.05, 3.63) is 35.1 Å². The standard InChI is InChI=1S/C9H9O2.V/c1-6-3-7(2)8(5-10)9(11)4-6;/h4-5,10H,1-2H3;/q-1;/b8-5-;. The summed E-state index contributed by atoms with van der Waals surface area (Å²) in [4.78, 5) is 11.1. The van der Waals surface area contributed by atoms with Gasteiger partial charge in [0.15, 0.2) is 0 Å². The Morgan fingerprint density at radius 2 is 2.08 bits per heavy atom. The van der Waals surface area contributed by atoms with Crippen LogP contribution in [0.5, 0.6) is 0 Å². The fraction of sp³-hybridized carbons (Fsp3) is 0.222. The SMILES string of the molecule is CC1=[C-]C(C)=CC(=O)/C1=C\O.[V]. The largest absolute Gasteiger partial charge is 0.528 e. The number of carbonyl (C=O) groups is 1. The molecule has 12 heavy (non-hydrogen) atoms. The number of aliphatic hydroxyl groups is 1. The number of hydrogen-bond acceptors (Lipinski definition) is 2. The summed E-state index contributed by atoms with van der Waals surface area (Å²) in [5, 5.41) is 8.65. The third kappa shape index (κ3) is 2.13. The quantitative estimate of drug-likeness (QED) is 0.367. The molecule has 1 radical (unpaired) electrons. The Morgan fingerprint density at radius 3 is 2.50 bits per heavy atom. The van der Waals surface area contributed by atoms with Crippen LogP contribution in [-0.4, -0.2) is 10.9 Å². The fourth-order valence-electron chi connectivity index (χ4n) is 1.02. The van der Waals surface area contributed by atoms with Gasteiger partial charge in [-0.25, -0.2) is 0 Å². The van der Waals surface area contributed by atoms with Crippen molar-refractivity contribution >= 4 is 5.78 Å². The topological polar surface area (TPSA) is 37.3 Å². The van der Waals surface area contributed by atoms with Crippen molar-refractivity contribution < 1.29 is 28.5 Å². The Balaban J connectivity index is 0.00000121. The minimum atomic E-state index is -0.152. The first-order chi connectivity index (χ1) is 5.15. The van der Waals surface area contributed by atoms with E-state index in [1.54, 1.807) is 13.8 Å². The molecule has 1 rings (SSSR count). The van der Waals surface area contributed by atoms with Gasteiger partial charge in [-0.2, -0.15) is 17.2 Å². The number of allylic oxidation sites excluding steroid dienone is 5. The van der Waals surface area contributed by atoms with Gasteiger partial charge in [0.05, 0.1) is 5.78 Å². The maximum absolute atomic E-state index is 11.1. The van der Waals surface area contributed by atoms with Crippen molar-refractivity contribution in [1.29, 1.82) is 0 Å². The molecule has 2 nitrogen and oxygen atoms in total. The Labute approximate surface area is 83.5 Å². The molecule has 0 saturated carbocycles. The molecule has 1 aliphatic carbocycles. The minimum absolute atomic E-state index is 0. The molecule has 0 atom stereocenters. The van der Waals surface area contributed by atoms with Gasteiger partial charge in [0, 0.05) is 24.8 Å². The number of hydrogen-bond donors (Lipinski definition) is 1. The Kier molecular flexibility index (Phi) is 4.07. The van der Waals surface area contributed by atoms with E-state index in [9.17, 15) is 4.79 Å². The van der Waals surface area contributed by atoms with E-state index in [1.807, 2.05) is 0 Å². The maximum atomic E-state index is 11.1. The van der Waals surface area contributed by atoms with Gasteiger partial charge < -0.3 is 9.90 Å². The second-order valence-electron chi connectivity index (χ2n) is 2.48. The van der Waals surface area contributed by atoms with E-state index < -0.39 is 0 Å². The summed E-state index contributed by atoms with van der Waals surface area (Å²) in [5.74, 6) is -0.152. The summed E-state index contributed by atoms with van der Waals surface area (Å²) in [7, 11) is 0. The summed E-state index contributed by atoms with van der Waals surface area (Å²) >= 11 is 0. The first-order valence-corrected chi connectivity index (χ1v) is 3.33. The van der Waals surface area contributed by atoms with Crippen LogP contribution in [0.3, 0.4) is 0 Å². The van der Waals surface area contributed by atoms with Crippen molar-refractivity contribution in [1.82, 2.24) is 0 Å². The zero-order valence-corrected chi connectivity index (χ0v) is 8.35. The molecule has 0 bridgehead atoms. The molecule has 0 fully saturated rings. The van der Waals surface area contributed by atoms with Gasteiger partial charge in [0.25, 0.3) is 0 Å². The van der Waals surface area contributed by atoms with Crippen LogP contribution in [0.1, 0.15) is 13.8 Å². The van der Waals surface area contributed by atoms with Gasteiger partial charge in [0.2, 0.25) is 0 Å². The van der Waals surface area contributed by atoms with Crippen LogP contribution in [0.15, 0.2) is 29.1 Å². The van der Waals surface area contributed by atoms with Gasteiger partial charge in [-0.15, -0.1) is 6.08 Å². The van der Waals surface area contributed by atoms with Gasteiger partial charge in [0.1, 0.15) is 0 Å². The first-order valence-electron chi connectivity index (χ1n) is 3.33. The molecule has 0 aromatic carbocycles.